The third-order valence-corrected chi connectivity index (χ3v) is 3.82. The van der Waals surface area contributed by atoms with Crippen LogP contribution in [0.1, 0.15) is 22.5 Å². The van der Waals surface area contributed by atoms with Crippen molar-refractivity contribution >= 4 is 11.7 Å². The van der Waals surface area contributed by atoms with Crippen molar-refractivity contribution in [2.75, 3.05) is 5.32 Å². The van der Waals surface area contributed by atoms with Crippen LogP contribution in [0.5, 0.6) is 0 Å². The molecule has 0 aliphatic carbocycles. The number of benzene rings is 1. The summed E-state index contributed by atoms with van der Waals surface area (Å²) in [5.41, 5.74) is 1.42. The van der Waals surface area contributed by atoms with E-state index in [9.17, 15) is 18.0 Å². The van der Waals surface area contributed by atoms with Gasteiger partial charge in [0.25, 0.3) is 0 Å². The van der Waals surface area contributed by atoms with Crippen LogP contribution in [0.15, 0.2) is 42.6 Å². The lowest BCUT2D eigenvalue weighted by molar-refractivity contribution is -0.144. The second kappa shape index (κ2) is 7.26. The topological polar surface area (TPSA) is 64.7 Å². The fourth-order valence-corrected chi connectivity index (χ4v) is 2.73. The summed E-state index contributed by atoms with van der Waals surface area (Å²) >= 11 is 0. The van der Waals surface area contributed by atoms with Crippen LogP contribution in [-0.4, -0.2) is 25.5 Å². The molecule has 0 atom stereocenters. The number of hydrogen-bond acceptors (Lipinski definition) is 3. The van der Waals surface area contributed by atoms with Gasteiger partial charge >= 0.3 is 6.18 Å². The summed E-state index contributed by atoms with van der Waals surface area (Å²) in [6.07, 6.45) is -2.88. The quantitative estimate of drug-likeness (QED) is 0.741. The van der Waals surface area contributed by atoms with Gasteiger partial charge in [0.05, 0.1) is 12.2 Å². The molecular formula is C18H18F3N5O. The molecule has 0 unspecified atom stereocenters. The molecule has 0 spiro atoms. The molecule has 0 aliphatic rings. The Labute approximate surface area is 153 Å². The van der Waals surface area contributed by atoms with Crippen molar-refractivity contribution in [2.45, 2.75) is 33.1 Å². The number of carbonyl (C=O) groups excluding carboxylic acids is 1. The highest BCUT2D eigenvalue weighted by molar-refractivity contribution is 5.89. The zero-order valence-corrected chi connectivity index (χ0v) is 14.8. The van der Waals surface area contributed by atoms with E-state index in [1.807, 2.05) is 31.2 Å². The highest BCUT2D eigenvalue weighted by Crippen LogP contribution is 2.29. The fraction of sp³-hybridized carbons (Fsp3) is 0.278. The molecule has 1 aromatic carbocycles. The first kappa shape index (κ1) is 18.7. The third kappa shape index (κ3) is 4.75. The first-order valence-corrected chi connectivity index (χ1v) is 8.21. The van der Waals surface area contributed by atoms with Gasteiger partial charge in [0.1, 0.15) is 12.2 Å². The average molecular weight is 377 g/mol. The molecule has 27 heavy (non-hydrogen) atoms. The number of anilines is 1. The molecule has 2 heterocycles. The number of aryl methyl sites for hydroxylation is 2. The number of rotatable bonds is 5. The van der Waals surface area contributed by atoms with E-state index in [-0.39, 0.29) is 11.5 Å². The Hall–Kier alpha value is -3.10. The lowest BCUT2D eigenvalue weighted by Crippen LogP contribution is -2.24. The molecule has 3 aromatic rings. The average Bonchev–Trinajstić information content (AvgIpc) is 3.13. The maximum atomic E-state index is 13.0. The first-order chi connectivity index (χ1) is 12.7. The maximum Gasteiger partial charge on any atom is 0.433 e. The van der Waals surface area contributed by atoms with E-state index in [0.29, 0.717) is 11.2 Å². The molecule has 0 aliphatic heterocycles. The molecule has 2 aromatic heterocycles. The van der Waals surface area contributed by atoms with Crippen molar-refractivity contribution in [3.63, 3.8) is 0 Å². The van der Waals surface area contributed by atoms with Gasteiger partial charge in [-0.3, -0.25) is 14.2 Å². The SMILES string of the molecule is Cc1cccc(Cn2ccc(NC(=O)Cn3nc(C)cc3C(F)(F)F)n2)c1. The summed E-state index contributed by atoms with van der Waals surface area (Å²) < 4.78 is 41.2. The standard InChI is InChI=1S/C18H18F3N5O/c1-12-4-3-5-14(8-12)10-25-7-6-16(24-25)22-17(27)11-26-15(18(19,20)21)9-13(2)23-26/h3-9H,10-11H2,1-2H3,(H,22,24,27). The normalized spacial score (nSPS) is 11.6. The lowest BCUT2D eigenvalue weighted by atomic mass is 10.1. The van der Waals surface area contributed by atoms with Crippen molar-refractivity contribution in [1.29, 1.82) is 0 Å². The van der Waals surface area contributed by atoms with Crippen molar-refractivity contribution in [3.05, 3.63) is 65.1 Å². The summed E-state index contributed by atoms with van der Waals surface area (Å²) in [6, 6.07) is 10.4. The maximum absolute atomic E-state index is 13.0. The van der Waals surface area contributed by atoms with Crippen LogP contribution < -0.4 is 5.32 Å². The predicted octanol–water partition coefficient (Wildman–Crippen LogP) is 3.40. The number of halogens is 3. The molecule has 9 heteroatoms. The minimum absolute atomic E-state index is 0.192. The molecule has 0 fully saturated rings. The Morgan fingerprint density at radius 2 is 1.93 bits per heavy atom. The first-order valence-electron chi connectivity index (χ1n) is 8.21. The molecule has 0 radical (unpaired) electrons. The summed E-state index contributed by atoms with van der Waals surface area (Å²) in [4.78, 5) is 12.1. The van der Waals surface area contributed by atoms with Crippen LogP contribution in [0.4, 0.5) is 19.0 Å². The highest BCUT2D eigenvalue weighted by Gasteiger charge is 2.35. The van der Waals surface area contributed by atoms with Crippen LogP contribution in [0.3, 0.4) is 0 Å². The van der Waals surface area contributed by atoms with Crippen LogP contribution >= 0.6 is 0 Å². The molecule has 6 nitrogen and oxygen atoms in total. The van der Waals surface area contributed by atoms with Gasteiger partial charge in [-0.05, 0) is 25.5 Å². The Morgan fingerprint density at radius 3 is 2.63 bits per heavy atom. The largest absolute Gasteiger partial charge is 0.433 e. The number of hydrogen-bond donors (Lipinski definition) is 1. The third-order valence-electron chi connectivity index (χ3n) is 3.82. The van der Waals surface area contributed by atoms with Crippen molar-refractivity contribution < 1.29 is 18.0 Å². The second-order valence-corrected chi connectivity index (χ2v) is 6.26. The highest BCUT2D eigenvalue weighted by atomic mass is 19.4. The van der Waals surface area contributed by atoms with Gasteiger partial charge in [-0.1, -0.05) is 29.8 Å². The van der Waals surface area contributed by atoms with Gasteiger partial charge in [-0.15, -0.1) is 0 Å². The molecule has 1 N–H and O–H groups in total. The van der Waals surface area contributed by atoms with E-state index < -0.39 is 24.3 Å². The van der Waals surface area contributed by atoms with E-state index >= 15 is 0 Å². The number of alkyl halides is 3. The minimum atomic E-state index is -4.57. The zero-order valence-electron chi connectivity index (χ0n) is 14.8. The Morgan fingerprint density at radius 1 is 1.15 bits per heavy atom. The number of nitrogens with one attached hydrogen (secondary N) is 1. The van der Waals surface area contributed by atoms with Gasteiger partial charge in [0.15, 0.2) is 5.82 Å². The predicted molar refractivity (Wildman–Crippen MR) is 93.1 cm³/mol. The second-order valence-electron chi connectivity index (χ2n) is 6.26. The fourth-order valence-electron chi connectivity index (χ4n) is 2.73. The molecular weight excluding hydrogens is 359 g/mol. The summed E-state index contributed by atoms with van der Waals surface area (Å²) in [5, 5.41) is 10.5. The van der Waals surface area contributed by atoms with Gasteiger partial charge in [-0.25, -0.2) is 0 Å². The van der Waals surface area contributed by atoms with Crippen molar-refractivity contribution in [2.24, 2.45) is 0 Å². The van der Waals surface area contributed by atoms with Crippen LogP contribution in [-0.2, 0) is 24.1 Å². The van der Waals surface area contributed by atoms with Gasteiger partial charge in [-0.2, -0.15) is 23.4 Å². The van der Waals surface area contributed by atoms with Gasteiger partial charge < -0.3 is 5.32 Å². The summed E-state index contributed by atoms with van der Waals surface area (Å²) in [6.45, 7) is 3.41. The Kier molecular flexibility index (Phi) is 5.02. The van der Waals surface area contributed by atoms with Gasteiger partial charge in [0.2, 0.25) is 5.91 Å². The van der Waals surface area contributed by atoms with E-state index in [2.05, 4.69) is 15.5 Å². The van der Waals surface area contributed by atoms with Crippen molar-refractivity contribution in [1.82, 2.24) is 19.6 Å². The van der Waals surface area contributed by atoms with E-state index in [1.54, 1.807) is 16.9 Å². The van der Waals surface area contributed by atoms with E-state index in [0.717, 1.165) is 17.2 Å². The molecule has 0 bridgehead atoms. The summed E-state index contributed by atoms with van der Waals surface area (Å²) in [7, 11) is 0. The molecule has 1 amide bonds. The molecule has 0 saturated heterocycles. The molecule has 0 saturated carbocycles. The number of carbonyl (C=O) groups is 1. The van der Waals surface area contributed by atoms with Crippen molar-refractivity contribution in [3.8, 4) is 0 Å². The molecule has 3 rings (SSSR count). The number of amides is 1. The number of nitrogens with zero attached hydrogens (tertiary/aromatic N) is 4. The summed E-state index contributed by atoms with van der Waals surface area (Å²) in [5.74, 6) is -0.366. The van der Waals surface area contributed by atoms with Crippen LogP contribution in [0.25, 0.3) is 0 Å². The van der Waals surface area contributed by atoms with Crippen LogP contribution in [0.2, 0.25) is 0 Å². The smallest absolute Gasteiger partial charge is 0.308 e. The van der Waals surface area contributed by atoms with Crippen LogP contribution in [0, 0.1) is 13.8 Å². The lowest BCUT2D eigenvalue weighted by Gasteiger charge is -2.09. The Balaban J connectivity index is 1.65. The monoisotopic (exact) mass is 377 g/mol. The van der Waals surface area contributed by atoms with E-state index in [1.165, 1.54) is 6.92 Å². The Bertz CT molecular complexity index is 958. The minimum Gasteiger partial charge on any atom is -0.308 e. The zero-order chi connectivity index (χ0) is 19.6. The number of aromatic nitrogens is 4. The molecule has 142 valence electrons. The van der Waals surface area contributed by atoms with E-state index in [4.69, 9.17) is 0 Å². The van der Waals surface area contributed by atoms with Gasteiger partial charge in [0, 0.05) is 12.3 Å².